The van der Waals surface area contributed by atoms with Crippen LogP contribution in [0.5, 0.6) is 0 Å². The molecule has 0 atom stereocenters. The number of benzene rings is 1. The Hall–Kier alpha value is -2.63. The summed E-state index contributed by atoms with van der Waals surface area (Å²) in [5, 5.41) is 17.2. The van der Waals surface area contributed by atoms with Crippen LogP contribution in [0.4, 0.5) is 23.0 Å². The molecule has 6 heteroatoms. The second-order valence-electron chi connectivity index (χ2n) is 4.80. The van der Waals surface area contributed by atoms with Gasteiger partial charge < -0.3 is 10.6 Å². The molecule has 110 valence electrons. The highest BCUT2D eigenvalue weighted by Crippen LogP contribution is 2.28. The number of nitrogens with one attached hydrogen (secondary N) is 2. The van der Waals surface area contributed by atoms with Gasteiger partial charge in [-0.25, -0.2) is 4.98 Å². The lowest BCUT2D eigenvalue weighted by molar-refractivity contribution is -0.384. The fraction of sp³-hybridized carbons (Fsp3) is 0.267. The van der Waals surface area contributed by atoms with E-state index in [0.29, 0.717) is 12.4 Å². The van der Waals surface area contributed by atoms with Crippen molar-refractivity contribution in [3.05, 3.63) is 51.6 Å². The molecular weight excluding hydrogens is 268 g/mol. The first-order chi connectivity index (χ1) is 10.0. The average Bonchev–Trinajstić information content (AvgIpc) is 2.42. The highest BCUT2D eigenvalue weighted by Gasteiger charge is 2.16. The monoisotopic (exact) mass is 286 g/mol. The molecule has 0 bridgehead atoms. The van der Waals surface area contributed by atoms with Gasteiger partial charge in [0.2, 0.25) is 5.82 Å². The Bertz CT molecular complexity index is 671. The number of rotatable bonds is 5. The number of nitro groups is 1. The molecule has 0 unspecified atom stereocenters. The van der Waals surface area contributed by atoms with Crippen molar-refractivity contribution in [3.8, 4) is 0 Å². The van der Waals surface area contributed by atoms with Gasteiger partial charge in [0.15, 0.2) is 0 Å². The first kappa shape index (κ1) is 14.8. The van der Waals surface area contributed by atoms with Gasteiger partial charge in [-0.1, -0.05) is 17.7 Å². The van der Waals surface area contributed by atoms with Crippen LogP contribution in [-0.4, -0.2) is 16.5 Å². The number of anilines is 3. The Morgan fingerprint density at radius 3 is 2.62 bits per heavy atom. The summed E-state index contributed by atoms with van der Waals surface area (Å²) in [6.07, 6.45) is 0. The van der Waals surface area contributed by atoms with Crippen LogP contribution >= 0.6 is 0 Å². The largest absolute Gasteiger partial charge is 0.370 e. The highest BCUT2D eigenvalue weighted by molar-refractivity contribution is 5.69. The molecule has 1 heterocycles. The molecule has 0 radical (unpaired) electrons. The Kier molecular flexibility index (Phi) is 4.37. The van der Waals surface area contributed by atoms with E-state index in [2.05, 4.69) is 15.6 Å². The molecule has 1 aromatic heterocycles. The fourth-order valence-electron chi connectivity index (χ4n) is 2.05. The van der Waals surface area contributed by atoms with E-state index in [1.54, 1.807) is 6.07 Å². The van der Waals surface area contributed by atoms with E-state index in [0.717, 1.165) is 16.8 Å². The topological polar surface area (TPSA) is 80.1 Å². The van der Waals surface area contributed by atoms with Crippen LogP contribution in [0.15, 0.2) is 30.3 Å². The van der Waals surface area contributed by atoms with Crippen molar-refractivity contribution in [1.29, 1.82) is 0 Å². The Morgan fingerprint density at radius 1 is 1.24 bits per heavy atom. The highest BCUT2D eigenvalue weighted by atomic mass is 16.6. The van der Waals surface area contributed by atoms with Crippen molar-refractivity contribution in [2.24, 2.45) is 0 Å². The van der Waals surface area contributed by atoms with Crippen LogP contribution in [0.2, 0.25) is 0 Å². The number of hydrogen-bond acceptors (Lipinski definition) is 5. The average molecular weight is 286 g/mol. The van der Waals surface area contributed by atoms with E-state index in [9.17, 15) is 10.1 Å². The van der Waals surface area contributed by atoms with Crippen molar-refractivity contribution in [2.45, 2.75) is 20.8 Å². The summed E-state index contributed by atoms with van der Waals surface area (Å²) in [4.78, 5) is 15.0. The van der Waals surface area contributed by atoms with Crippen LogP contribution in [0.25, 0.3) is 0 Å². The minimum atomic E-state index is -0.436. The van der Waals surface area contributed by atoms with E-state index in [1.807, 2.05) is 39.0 Å². The summed E-state index contributed by atoms with van der Waals surface area (Å²) >= 11 is 0. The lowest BCUT2D eigenvalue weighted by Gasteiger charge is -2.11. The Morgan fingerprint density at radius 2 is 2.00 bits per heavy atom. The van der Waals surface area contributed by atoms with Gasteiger partial charge in [0.1, 0.15) is 5.82 Å². The molecule has 0 aliphatic heterocycles. The van der Waals surface area contributed by atoms with Crippen molar-refractivity contribution in [3.63, 3.8) is 0 Å². The molecule has 0 saturated carbocycles. The van der Waals surface area contributed by atoms with Gasteiger partial charge in [-0.3, -0.25) is 10.1 Å². The molecular formula is C15H18N4O2. The second-order valence-corrected chi connectivity index (χ2v) is 4.80. The summed E-state index contributed by atoms with van der Waals surface area (Å²) in [7, 11) is 0. The number of nitrogens with zero attached hydrogens (tertiary/aromatic N) is 2. The lowest BCUT2D eigenvalue weighted by Crippen LogP contribution is -2.05. The van der Waals surface area contributed by atoms with Crippen molar-refractivity contribution >= 4 is 23.0 Å². The molecule has 0 aliphatic rings. The summed E-state index contributed by atoms with van der Waals surface area (Å²) in [6.45, 7) is 6.60. The smallest absolute Gasteiger partial charge is 0.311 e. The maximum atomic E-state index is 11.1. The van der Waals surface area contributed by atoms with Crippen molar-refractivity contribution in [2.75, 3.05) is 17.2 Å². The quantitative estimate of drug-likeness (QED) is 0.645. The van der Waals surface area contributed by atoms with Crippen LogP contribution in [-0.2, 0) is 0 Å². The maximum Gasteiger partial charge on any atom is 0.311 e. The predicted molar refractivity (Wildman–Crippen MR) is 84.3 cm³/mol. The van der Waals surface area contributed by atoms with Gasteiger partial charge in [-0.2, -0.15) is 0 Å². The normalized spacial score (nSPS) is 10.2. The Labute approximate surface area is 123 Å². The molecule has 21 heavy (non-hydrogen) atoms. The Balaban J connectivity index is 2.40. The van der Waals surface area contributed by atoms with E-state index < -0.39 is 4.92 Å². The number of aromatic nitrogens is 1. The second kappa shape index (κ2) is 6.21. The number of hydrogen-bond donors (Lipinski definition) is 2. The van der Waals surface area contributed by atoms with Gasteiger partial charge >= 0.3 is 5.69 Å². The molecule has 0 fully saturated rings. The van der Waals surface area contributed by atoms with Crippen LogP contribution in [0, 0.1) is 24.0 Å². The molecule has 0 spiro atoms. The van der Waals surface area contributed by atoms with Gasteiger partial charge in [0, 0.05) is 18.3 Å². The van der Waals surface area contributed by atoms with Crippen LogP contribution in [0.1, 0.15) is 18.1 Å². The van der Waals surface area contributed by atoms with Gasteiger partial charge in [-0.15, -0.1) is 0 Å². The third-order valence-corrected chi connectivity index (χ3v) is 3.06. The first-order valence-electron chi connectivity index (χ1n) is 6.75. The first-order valence-corrected chi connectivity index (χ1v) is 6.75. The summed E-state index contributed by atoms with van der Waals surface area (Å²) in [6, 6.07) is 8.93. The van der Waals surface area contributed by atoms with E-state index in [1.165, 1.54) is 6.07 Å². The minimum absolute atomic E-state index is 0.0448. The summed E-state index contributed by atoms with van der Waals surface area (Å²) in [5.41, 5.74) is 2.92. The van der Waals surface area contributed by atoms with E-state index in [-0.39, 0.29) is 11.5 Å². The van der Waals surface area contributed by atoms with Crippen molar-refractivity contribution in [1.82, 2.24) is 4.98 Å². The molecule has 6 nitrogen and oxygen atoms in total. The fourth-order valence-corrected chi connectivity index (χ4v) is 2.05. The zero-order chi connectivity index (χ0) is 15.4. The van der Waals surface area contributed by atoms with Crippen LogP contribution in [0.3, 0.4) is 0 Å². The van der Waals surface area contributed by atoms with Crippen LogP contribution < -0.4 is 10.6 Å². The molecule has 1 aromatic carbocycles. The zero-order valence-corrected chi connectivity index (χ0v) is 12.3. The standard InChI is InChI=1S/C15H18N4O2/c1-4-16-14-8-7-13(19(20)21)15(18-14)17-12-6-5-10(2)9-11(12)3/h5-9H,4H2,1-3H3,(H2,16,17,18). The van der Waals surface area contributed by atoms with Gasteiger partial charge in [0.25, 0.3) is 0 Å². The molecule has 0 aliphatic carbocycles. The minimum Gasteiger partial charge on any atom is -0.370 e. The molecule has 0 amide bonds. The molecule has 2 N–H and O–H groups in total. The molecule has 2 rings (SSSR count). The van der Waals surface area contributed by atoms with E-state index >= 15 is 0 Å². The predicted octanol–water partition coefficient (Wildman–Crippen LogP) is 3.78. The van der Waals surface area contributed by atoms with Gasteiger partial charge in [-0.05, 0) is 38.5 Å². The van der Waals surface area contributed by atoms with E-state index in [4.69, 9.17) is 0 Å². The lowest BCUT2D eigenvalue weighted by atomic mass is 10.1. The molecule has 2 aromatic rings. The third kappa shape index (κ3) is 3.47. The molecule has 0 saturated heterocycles. The van der Waals surface area contributed by atoms with Crippen molar-refractivity contribution < 1.29 is 4.92 Å². The zero-order valence-electron chi connectivity index (χ0n) is 12.3. The third-order valence-electron chi connectivity index (χ3n) is 3.06. The number of aryl methyl sites for hydroxylation is 2. The van der Waals surface area contributed by atoms with Gasteiger partial charge in [0.05, 0.1) is 4.92 Å². The number of pyridine rings is 1. The SMILES string of the molecule is CCNc1ccc([N+](=O)[O-])c(Nc2ccc(C)cc2C)n1. The summed E-state index contributed by atoms with van der Waals surface area (Å²) in [5.74, 6) is 0.848. The maximum absolute atomic E-state index is 11.1. The summed E-state index contributed by atoms with van der Waals surface area (Å²) < 4.78 is 0.